The van der Waals surface area contributed by atoms with Gasteiger partial charge in [0, 0.05) is 32.7 Å². The molecule has 1 aromatic carbocycles. The lowest BCUT2D eigenvalue weighted by Gasteiger charge is -2.22. The quantitative estimate of drug-likeness (QED) is 0.515. The first-order valence-electron chi connectivity index (χ1n) is 9.33. The van der Waals surface area contributed by atoms with Crippen molar-refractivity contribution < 1.29 is 27.8 Å². The first-order valence-corrected chi connectivity index (χ1v) is 9.33. The lowest BCUT2D eigenvalue weighted by atomic mass is 10.1. The molecule has 1 heterocycles. The molecule has 0 saturated carbocycles. The topological polar surface area (TPSA) is 66.3 Å². The Balaban J connectivity index is 1.87. The fraction of sp³-hybridized carbons (Fsp3) is 0.632. The van der Waals surface area contributed by atoms with E-state index in [-0.39, 0.29) is 18.9 Å². The molecule has 158 valence electrons. The predicted molar refractivity (Wildman–Crippen MR) is 100 cm³/mol. The number of halogens is 3. The number of methoxy groups -OCH3 is 1. The molecule has 0 amide bonds. The van der Waals surface area contributed by atoms with Gasteiger partial charge in [0.1, 0.15) is 18.5 Å². The Hall–Kier alpha value is -2.00. The van der Waals surface area contributed by atoms with Crippen LogP contribution < -0.4 is 10.1 Å². The minimum atomic E-state index is -4.43. The number of hydrogen-bond acceptors (Lipinski definition) is 4. The Bertz CT molecular complexity index is 640. The second kappa shape index (κ2) is 10.5. The molecular formula is C19H28F3N3O3. The van der Waals surface area contributed by atoms with E-state index in [1.54, 1.807) is 7.11 Å². The fourth-order valence-corrected chi connectivity index (χ4v) is 3.02. The number of rotatable bonds is 8. The highest BCUT2D eigenvalue weighted by Gasteiger charge is 2.30. The SMILES string of the molecule is CCNC(=NCC(O)COc1cccc(C(F)(F)F)c1)N1CCC(COC)C1. The Labute approximate surface area is 163 Å². The average Bonchev–Trinajstić information content (AvgIpc) is 3.12. The van der Waals surface area contributed by atoms with E-state index in [0.717, 1.165) is 31.6 Å². The van der Waals surface area contributed by atoms with Gasteiger partial charge in [-0.2, -0.15) is 13.2 Å². The van der Waals surface area contributed by atoms with Crippen LogP contribution in [-0.4, -0.2) is 68.6 Å². The van der Waals surface area contributed by atoms with Crippen LogP contribution in [0.2, 0.25) is 0 Å². The zero-order valence-electron chi connectivity index (χ0n) is 16.2. The van der Waals surface area contributed by atoms with E-state index in [4.69, 9.17) is 9.47 Å². The van der Waals surface area contributed by atoms with Gasteiger partial charge >= 0.3 is 6.18 Å². The molecule has 0 aromatic heterocycles. The fourth-order valence-electron chi connectivity index (χ4n) is 3.02. The predicted octanol–water partition coefficient (Wildman–Crippen LogP) is 2.38. The van der Waals surface area contributed by atoms with Gasteiger partial charge in [-0.15, -0.1) is 0 Å². The summed E-state index contributed by atoms with van der Waals surface area (Å²) in [7, 11) is 1.68. The number of hydrogen-bond donors (Lipinski definition) is 2. The highest BCUT2D eigenvalue weighted by atomic mass is 19.4. The van der Waals surface area contributed by atoms with Gasteiger partial charge in [-0.3, -0.25) is 4.99 Å². The Kier molecular flexibility index (Phi) is 8.37. The molecular weight excluding hydrogens is 375 g/mol. The number of guanidine groups is 1. The number of ether oxygens (including phenoxy) is 2. The van der Waals surface area contributed by atoms with Crippen LogP contribution in [0.4, 0.5) is 13.2 Å². The highest BCUT2D eigenvalue weighted by Crippen LogP contribution is 2.31. The molecule has 0 aliphatic carbocycles. The number of alkyl halides is 3. The molecule has 2 rings (SSSR count). The molecule has 0 bridgehead atoms. The number of likely N-dealkylation sites (tertiary alicyclic amines) is 1. The van der Waals surface area contributed by atoms with Crippen LogP contribution in [0.3, 0.4) is 0 Å². The highest BCUT2D eigenvalue weighted by molar-refractivity contribution is 5.80. The van der Waals surface area contributed by atoms with Crippen molar-refractivity contribution in [3.63, 3.8) is 0 Å². The van der Waals surface area contributed by atoms with Crippen molar-refractivity contribution >= 4 is 5.96 Å². The van der Waals surface area contributed by atoms with Gasteiger partial charge in [-0.1, -0.05) is 6.07 Å². The lowest BCUT2D eigenvalue weighted by molar-refractivity contribution is -0.137. The first kappa shape index (κ1) is 22.3. The van der Waals surface area contributed by atoms with E-state index >= 15 is 0 Å². The van der Waals surface area contributed by atoms with Crippen LogP contribution in [0.5, 0.6) is 5.75 Å². The van der Waals surface area contributed by atoms with E-state index in [9.17, 15) is 18.3 Å². The second-order valence-corrected chi connectivity index (χ2v) is 6.74. The van der Waals surface area contributed by atoms with Gasteiger partial charge < -0.3 is 24.8 Å². The number of nitrogens with zero attached hydrogens (tertiary/aromatic N) is 2. The van der Waals surface area contributed by atoms with Crippen LogP contribution in [0.25, 0.3) is 0 Å². The van der Waals surface area contributed by atoms with Gasteiger partial charge in [0.05, 0.1) is 18.7 Å². The van der Waals surface area contributed by atoms with Crippen molar-refractivity contribution in [3.05, 3.63) is 29.8 Å². The third-order valence-electron chi connectivity index (χ3n) is 4.38. The summed E-state index contributed by atoms with van der Waals surface area (Å²) in [5.41, 5.74) is -0.786. The van der Waals surface area contributed by atoms with E-state index in [1.807, 2.05) is 6.92 Å². The molecule has 1 saturated heterocycles. The van der Waals surface area contributed by atoms with Gasteiger partial charge in [-0.05, 0) is 31.5 Å². The largest absolute Gasteiger partial charge is 0.491 e. The summed E-state index contributed by atoms with van der Waals surface area (Å²) in [4.78, 5) is 6.56. The van der Waals surface area contributed by atoms with Crippen molar-refractivity contribution in [1.29, 1.82) is 0 Å². The van der Waals surface area contributed by atoms with Crippen molar-refractivity contribution in [3.8, 4) is 5.75 Å². The Morgan fingerprint density at radius 1 is 1.43 bits per heavy atom. The van der Waals surface area contributed by atoms with Crippen LogP contribution in [0.1, 0.15) is 18.9 Å². The number of aliphatic hydroxyl groups excluding tert-OH is 1. The summed E-state index contributed by atoms with van der Waals surface area (Å²) in [5.74, 6) is 1.22. The van der Waals surface area contributed by atoms with Crippen molar-refractivity contribution in [2.24, 2.45) is 10.9 Å². The summed E-state index contributed by atoms with van der Waals surface area (Å²) in [6.45, 7) is 4.99. The van der Waals surface area contributed by atoms with Gasteiger partial charge in [-0.25, -0.2) is 0 Å². The molecule has 1 aliphatic heterocycles. The number of aliphatic hydroxyl groups is 1. The molecule has 0 spiro atoms. The summed E-state index contributed by atoms with van der Waals surface area (Å²) in [6.07, 6.45) is -4.35. The summed E-state index contributed by atoms with van der Waals surface area (Å²) in [5, 5.41) is 13.3. The third-order valence-corrected chi connectivity index (χ3v) is 4.38. The third kappa shape index (κ3) is 6.87. The molecule has 0 radical (unpaired) electrons. The van der Waals surface area contributed by atoms with E-state index in [2.05, 4.69) is 15.2 Å². The lowest BCUT2D eigenvalue weighted by Crippen LogP contribution is -2.41. The van der Waals surface area contributed by atoms with E-state index in [1.165, 1.54) is 12.1 Å². The molecule has 28 heavy (non-hydrogen) atoms. The van der Waals surface area contributed by atoms with E-state index < -0.39 is 17.8 Å². The maximum atomic E-state index is 12.7. The Morgan fingerprint density at radius 2 is 2.21 bits per heavy atom. The number of aliphatic imine (C=N–C) groups is 1. The zero-order chi connectivity index (χ0) is 20.6. The van der Waals surface area contributed by atoms with Gasteiger partial charge in [0.2, 0.25) is 0 Å². The van der Waals surface area contributed by atoms with Crippen molar-refractivity contribution in [2.75, 3.05) is 46.5 Å². The monoisotopic (exact) mass is 403 g/mol. The van der Waals surface area contributed by atoms with Crippen LogP contribution in [0.15, 0.2) is 29.3 Å². The maximum absolute atomic E-state index is 12.7. The minimum Gasteiger partial charge on any atom is -0.491 e. The van der Waals surface area contributed by atoms with E-state index in [0.29, 0.717) is 25.0 Å². The second-order valence-electron chi connectivity index (χ2n) is 6.74. The van der Waals surface area contributed by atoms with Crippen molar-refractivity contribution in [1.82, 2.24) is 10.2 Å². The molecule has 2 atom stereocenters. The molecule has 6 nitrogen and oxygen atoms in total. The molecule has 2 N–H and O–H groups in total. The molecule has 1 aromatic rings. The average molecular weight is 403 g/mol. The van der Waals surface area contributed by atoms with Crippen LogP contribution in [-0.2, 0) is 10.9 Å². The maximum Gasteiger partial charge on any atom is 0.416 e. The van der Waals surface area contributed by atoms with Crippen LogP contribution >= 0.6 is 0 Å². The normalized spacial score (nSPS) is 19.0. The molecule has 1 fully saturated rings. The number of benzene rings is 1. The standard InChI is InChI=1S/C19H28F3N3O3/c1-3-23-18(25-8-7-14(11-25)12-27-2)24-10-16(26)13-28-17-6-4-5-15(9-17)19(20,21)22/h4-6,9,14,16,26H,3,7-8,10-13H2,1-2H3,(H,23,24). The van der Waals surface area contributed by atoms with Crippen molar-refractivity contribution in [2.45, 2.75) is 25.6 Å². The Morgan fingerprint density at radius 3 is 2.89 bits per heavy atom. The molecule has 1 aliphatic rings. The molecule has 2 unspecified atom stereocenters. The summed E-state index contributed by atoms with van der Waals surface area (Å²) < 4.78 is 48.7. The zero-order valence-corrected chi connectivity index (χ0v) is 16.2. The molecule has 9 heteroatoms. The van der Waals surface area contributed by atoms with Gasteiger partial charge in [0.15, 0.2) is 5.96 Å². The van der Waals surface area contributed by atoms with Gasteiger partial charge in [0.25, 0.3) is 0 Å². The minimum absolute atomic E-state index is 0.0618. The first-order chi connectivity index (χ1) is 13.3. The smallest absolute Gasteiger partial charge is 0.416 e. The summed E-state index contributed by atoms with van der Waals surface area (Å²) >= 11 is 0. The number of nitrogens with one attached hydrogen (secondary N) is 1. The van der Waals surface area contributed by atoms with Crippen LogP contribution in [0, 0.1) is 5.92 Å². The summed E-state index contributed by atoms with van der Waals surface area (Å²) in [6, 6.07) is 4.59.